The van der Waals surface area contributed by atoms with Gasteiger partial charge in [0, 0.05) is 17.7 Å². The highest BCUT2D eigenvalue weighted by atomic mass is 16.6. The molecule has 0 spiro atoms. The second-order valence-corrected chi connectivity index (χ2v) is 4.84. The van der Waals surface area contributed by atoms with Crippen molar-refractivity contribution in [1.29, 1.82) is 0 Å². The lowest BCUT2D eigenvalue weighted by Gasteiger charge is -2.14. The molecule has 1 atom stereocenters. The third-order valence-corrected chi connectivity index (χ3v) is 3.40. The first-order chi connectivity index (χ1) is 6.87. The average Bonchev–Trinajstić information content (AvgIpc) is 2.67. The Kier molecular flexibility index (Phi) is 1.88. The third-order valence-electron chi connectivity index (χ3n) is 3.40. The molecular weight excluding hydrogens is 192 g/mol. The van der Waals surface area contributed by atoms with Crippen LogP contribution >= 0.6 is 0 Å². The number of nitrogens with zero attached hydrogens (tertiary/aromatic N) is 1. The van der Waals surface area contributed by atoms with Gasteiger partial charge in [-0.25, -0.2) is 0 Å². The lowest BCUT2D eigenvalue weighted by atomic mass is 9.97. The molecule has 1 unspecified atom stereocenters. The Morgan fingerprint density at radius 1 is 1.33 bits per heavy atom. The van der Waals surface area contributed by atoms with Gasteiger partial charge in [-0.15, -0.1) is 0 Å². The Hall–Kier alpha value is -1.42. The van der Waals surface area contributed by atoms with Crippen LogP contribution in [0.15, 0.2) is 24.3 Å². The number of rotatable bonds is 2. The SMILES string of the molecule is CC1(C)CC1(N)c1ccc([N+](=O)[O-])cc1. The maximum absolute atomic E-state index is 10.5. The second kappa shape index (κ2) is 2.79. The number of hydrogen-bond donors (Lipinski definition) is 1. The molecule has 0 aromatic heterocycles. The average molecular weight is 206 g/mol. The number of non-ortho nitro benzene ring substituents is 1. The largest absolute Gasteiger partial charge is 0.321 e. The fraction of sp³-hybridized carbons (Fsp3) is 0.455. The molecule has 0 bridgehead atoms. The Bertz CT molecular complexity index is 411. The van der Waals surface area contributed by atoms with E-state index in [-0.39, 0.29) is 16.6 Å². The van der Waals surface area contributed by atoms with Crippen molar-refractivity contribution in [2.75, 3.05) is 0 Å². The van der Waals surface area contributed by atoms with E-state index in [0.29, 0.717) is 0 Å². The topological polar surface area (TPSA) is 69.2 Å². The summed E-state index contributed by atoms with van der Waals surface area (Å²) in [6.45, 7) is 4.21. The van der Waals surface area contributed by atoms with E-state index in [0.717, 1.165) is 12.0 Å². The van der Waals surface area contributed by atoms with Crippen molar-refractivity contribution in [1.82, 2.24) is 0 Å². The summed E-state index contributed by atoms with van der Waals surface area (Å²) in [6.07, 6.45) is 0.928. The molecule has 0 aliphatic heterocycles. The van der Waals surface area contributed by atoms with Gasteiger partial charge in [-0.3, -0.25) is 10.1 Å². The van der Waals surface area contributed by atoms with E-state index >= 15 is 0 Å². The molecule has 1 fully saturated rings. The van der Waals surface area contributed by atoms with Gasteiger partial charge in [0.15, 0.2) is 0 Å². The summed E-state index contributed by atoms with van der Waals surface area (Å²) in [5, 5.41) is 10.5. The van der Waals surface area contributed by atoms with Crippen molar-refractivity contribution in [2.45, 2.75) is 25.8 Å². The van der Waals surface area contributed by atoms with Crippen LogP contribution in [0, 0.1) is 15.5 Å². The normalized spacial score (nSPS) is 27.4. The van der Waals surface area contributed by atoms with E-state index in [1.54, 1.807) is 12.1 Å². The maximum atomic E-state index is 10.5. The summed E-state index contributed by atoms with van der Waals surface area (Å²) in [5.74, 6) is 0. The third kappa shape index (κ3) is 1.41. The van der Waals surface area contributed by atoms with E-state index in [1.165, 1.54) is 12.1 Å². The van der Waals surface area contributed by atoms with Gasteiger partial charge in [-0.1, -0.05) is 26.0 Å². The molecule has 4 nitrogen and oxygen atoms in total. The first kappa shape index (κ1) is 10.1. The maximum Gasteiger partial charge on any atom is 0.269 e. The van der Waals surface area contributed by atoms with Gasteiger partial charge >= 0.3 is 0 Å². The zero-order valence-corrected chi connectivity index (χ0v) is 8.86. The fourth-order valence-corrected chi connectivity index (χ4v) is 2.03. The molecule has 1 saturated carbocycles. The predicted molar refractivity (Wildman–Crippen MR) is 57.4 cm³/mol. The summed E-state index contributed by atoms with van der Waals surface area (Å²) in [6, 6.07) is 6.54. The van der Waals surface area contributed by atoms with Crippen LogP contribution in [0.2, 0.25) is 0 Å². The van der Waals surface area contributed by atoms with E-state index < -0.39 is 4.92 Å². The summed E-state index contributed by atoms with van der Waals surface area (Å²) >= 11 is 0. The van der Waals surface area contributed by atoms with E-state index in [1.807, 2.05) is 0 Å². The van der Waals surface area contributed by atoms with Crippen LogP contribution in [0.1, 0.15) is 25.8 Å². The Morgan fingerprint density at radius 2 is 1.80 bits per heavy atom. The van der Waals surface area contributed by atoms with Gasteiger partial charge in [0.2, 0.25) is 0 Å². The van der Waals surface area contributed by atoms with Gasteiger partial charge < -0.3 is 5.73 Å². The Labute approximate surface area is 88.2 Å². The highest BCUT2D eigenvalue weighted by Gasteiger charge is 2.59. The standard InChI is InChI=1S/C11H14N2O2/c1-10(2)7-11(10,12)8-3-5-9(6-4-8)13(14)15/h3-6H,7,12H2,1-2H3. The summed E-state index contributed by atoms with van der Waals surface area (Å²) in [4.78, 5) is 10.1. The van der Waals surface area contributed by atoms with Gasteiger partial charge in [0.1, 0.15) is 0 Å². The van der Waals surface area contributed by atoms with Crippen molar-refractivity contribution in [3.05, 3.63) is 39.9 Å². The molecule has 80 valence electrons. The lowest BCUT2D eigenvalue weighted by molar-refractivity contribution is -0.384. The number of nitrogens with two attached hydrogens (primary N) is 1. The lowest BCUT2D eigenvalue weighted by Crippen LogP contribution is -2.25. The zero-order chi connectivity index (χ0) is 11.3. The van der Waals surface area contributed by atoms with Crippen LogP contribution in [0.3, 0.4) is 0 Å². The fourth-order valence-electron chi connectivity index (χ4n) is 2.03. The number of benzene rings is 1. The summed E-state index contributed by atoms with van der Waals surface area (Å²) in [5.41, 5.74) is 7.10. The molecule has 0 heterocycles. The first-order valence-corrected chi connectivity index (χ1v) is 4.91. The number of hydrogen-bond acceptors (Lipinski definition) is 3. The molecule has 1 aliphatic carbocycles. The van der Waals surface area contributed by atoms with Crippen LogP contribution in [0.5, 0.6) is 0 Å². The van der Waals surface area contributed by atoms with Crippen LogP contribution in [-0.2, 0) is 5.54 Å². The van der Waals surface area contributed by atoms with Crippen molar-refractivity contribution < 1.29 is 4.92 Å². The quantitative estimate of drug-likeness (QED) is 0.595. The Balaban J connectivity index is 2.30. The van der Waals surface area contributed by atoms with Gasteiger partial charge in [0.25, 0.3) is 5.69 Å². The second-order valence-electron chi connectivity index (χ2n) is 4.84. The minimum atomic E-state index is -0.398. The van der Waals surface area contributed by atoms with Crippen LogP contribution in [0.25, 0.3) is 0 Å². The highest BCUT2D eigenvalue weighted by molar-refractivity contribution is 5.40. The van der Waals surface area contributed by atoms with Gasteiger partial charge in [-0.2, -0.15) is 0 Å². The van der Waals surface area contributed by atoms with Crippen LogP contribution in [-0.4, -0.2) is 4.92 Å². The number of nitro benzene ring substituents is 1. The van der Waals surface area contributed by atoms with Gasteiger partial charge in [0.05, 0.1) is 4.92 Å². The highest BCUT2D eigenvalue weighted by Crippen LogP contribution is 2.60. The summed E-state index contributed by atoms with van der Waals surface area (Å²) in [7, 11) is 0. The molecular formula is C11H14N2O2. The monoisotopic (exact) mass is 206 g/mol. The Morgan fingerprint density at radius 3 is 2.13 bits per heavy atom. The number of nitro groups is 1. The van der Waals surface area contributed by atoms with Crippen molar-refractivity contribution in [2.24, 2.45) is 11.1 Å². The van der Waals surface area contributed by atoms with E-state index in [4.69, 9.17) is 5.73 Å². The smallest absolute Gasteiger partial charge is 0.269 e. The minimum Gasteiger partial charge on any atom is -0.321 e. The summed E-state index contributed by atoms with van der Waals surface area (Å²) < 4.78 is 0. The van der Waals surface area contributed by atoms with Crippen molar-refractivity contribution >= 4 is 5.69 Å². The van der Waals surface area contributed by atoms with Gasteiger partial charge in [-0.05, 0) is 17.4 Å². The molecule has 4 heteroatoms. The molecule has 1 aromatic carbocycles. The first-order valence-electron chi connectivity index (χ1n) is 4.91. The van der Waals surface area contributed by atoms with E-state index in [2.05, 4.69) is 13.8 Å². The molecule has 15 heavy (non-hydrogen) atoms. The van der Waals surface area contributed by atoms with Crippen LogP contribution in [0.4, 0.5) is 5.69 Å². The predicted octanol–water partition coefficient (Wildman–Crippen LogP) is 2.18. The van der Waals surface area contributed by atoms with Crippen molar-refractivity contribution in [3.63, 3.8) is 0 Å². The molecule has 2 rings (SSSR count). The van der Waals surface area contributed by atoms with Crippen LogP contribution < -0.4 is 5.73 Å². The minimum absolute atomic E-state index is 0.100. The molecule has 2 N–H and O–H groups in total. The molecule has 0 saturated heterocycles. The molecule has 0 amide bonds. The molecule has 0 radical (unpaired) electrons. The zero-order valence-electron chi connectivity index (χ0n) is 8.86. The van der Waals surface area contributed by atoms with Crippen molar-refractivity contribution in [3.8, 4) is 0 Å². The molecule has 1 aromatic rings. The molecule has 1 aliphatic rings. The van der Waals surface area contributed by atoms with E-state index in [9.17, 15) is 10.1 Å².